The second-order valence-electron chi connectivity index (χ2n) is 4.51. The van der Waals surface area contributed by atoms with Crippen LogP contribution in [0.5, 0.6) is 0 Å². The predicted octanol–water partition coefficient (Wildman–Crippen LogP) is 1.94. The van der Waals surface area contributed by atoms with E-state index >= 15 is 0 Å². The van der Waals surface area contributed by atoms with E-state index in [1.807, 2.05) is 0 Å². The Hall–Kier alpha value is -0.0800. The molecule has 0 aromatic rings. The van der Waals surface area contributed by atoms with Gasteiger partial charge in [0.1, 0.15) is 0 Å². The van der Waals surface area contributed by atoms with Gasteiger partial charge in [0.15, 0.2) is 0 Å². The monoisotopic (exact) mass is 183 g/mol. The van der Waals surface area contributed by atoms with Gasteiger partial charge in [0, 0.05) is 18.7 Å². The molecule has 2 aliphatic rings. The first-order valence-electron chi connectivity index (χ1n) is 5.72. The van der Waals surface area contributed by atoms with Crippen molar-refractivity contribution in [2.75, 3.05) is 13.2 Å². The Balaban J connectivity index is 1.70. The molecule has 0 radical (unpaired) electrons. The fourth-order valence-corrected chi connectivity index (χ4v) is 2.60. The summed E-state index contributed by atoms with van der Waals surface area (Å²) in [6.45, 7) is 4.21. The molecule has 1 heterocycles. The van der Waals surface area contributed by atoms with Crippen LogP contribution >= 0.6 is 0 Å². The van der Waals surface area contributed by atoms with Gasteiger partial charge in [-0.25, -0.2) is 0 Å². The zero-order chi connectivity index (χ0) is 9.10. The standard InChI is InChI=1S/C11H21NO/c1-2-9-3-4-10(7-9)12-11-5-6-13-8-11/h9-12H,2-8H2,1H3. The number of hydrogen-bond donors (Lipinski definition) is 1. The van der Waals surface area contributed by atoms with Gasteiger partial charge in [-0.1, -0.05) is 13.3 Å². The average molecular weight is 183 g/mol. The lowest BCUT2D eigenvalue weighted by Gasteiger charge is -2.17. The van der Waals surface area contributed by atoms with Crippen LogP contribution in [0.4, 0.5) is 0 Å². The first-order chi connectivity index (χ1) is 6.38. The molecule has 76 valence electrons. The van der Waals surface area contributed by atoms with Crippen LogP contribution < -0.4 is 5.32 Å². The fraction of sp³-hybridized carbons (Fsp3) is 1.00. The molecule has 1 saturated heterocycles. The van der Waals surface area contributed by atoms with Gasteiger partial charge in [-0.05, 0) is 31.6 Å². The lowest BCUT2D eigenvalue weighted by Crippen LogP contribution is -2.37. The van der Waals surface area contributed by atoms with E-state index in [4.69, 9.17) is 4.74 Å². The van der Waals surface area contributed by atoms with Crippen LogP contribution in [0.1, 0.15) is 39.0 Å². The number of ether oxygens (including phenoxy) is 1. The first-order valence-corrected chi connectivity index (χ1v) is 5.72. The summed E-state index contributed by atoms with van der Waals surface area (Å²) in [5.74, 6) is 0.986. The van der Waals surface area contributed by atoms with Crippen molar-refractivity contribution in [3.05, 3.63) is 0 Å². The smallest absolute Gasteiger partial charge is 0.0620 e. The summed E-state index contributed by atoms with van der Waals surface area (Å²) in [5, 5.41) is 3.72. The maximum absolute atomic E-state index is 5.36. The minimum absolute atomic E-state index is 0.653. The zero-order valence-electron chi connectivity index (χ0n) is 8.59. The number of rotatable bonds is 3. The topological polar surface area (TPSA) is 21.3 Å². The second kappa shape index (κ2) is 4.43. The van der Waals surface area contributed by atoms with E-state index in [1.165, 1.54) is 32.1 Å². The molecule has 0 amide bonds. The van der Waals surface area contributed by atoms with Gasteiger partial charge in [0.2, 0.25) is 0 Å². The van der Waals surface area contributed by atoms with Gasteiger partial charge in [0.05, 0.1) is 6.61 Å². The molecule has 2 heteroatoms. The van der Waals surface area contributed by atoms with Crippen molar-refractivity contribution in [2.24, 2.45) is 5.92 Å². The highest BCUT2D eigenvalue weighted by atomic mass is 16.5. The predicted molar refractivity (Wildman–Crippen MR) is 53.8 cm³/mol. The molecule has 2 fully saturated rings. The van der Waals surface area contributed by atoms with Crippen molar-refractivity contribution in [3.63, 3.8) is 0 Å². The fourth-order valence-electron chi connectivity index (χ4n) is 2.60. The molecule has 13 heavy (non-hydrogen) atoms. The highest BCUT2D eigenvalue weighted by Gasteiger charge is 2.26. The van der Waals surface area contributed by atoms with Crippen LogP contribution in [0.3, 0.4) is 0 Å². The Morgan fingerprint density at radius 1 is 1.23 bits per heavy atom. The summed E-state index contributed by atoms with van der Waals surface area (Å²) in [6, 6.07) is 1.44. The molecular formula is C11H21NO. The van der Waals surface area contributed by atoms with Gasteiger partial charge in [0.25, 0.3) is 0 Å². The van der Waals surface area contributed by atoms with E-state index in [2.05, 4.69) is 12.2 Å². The Kier molecular flexibility index (Phi) is 3.23. The summed E-state index contributed by atoms with van der Waals surface area (Å²) in [4.78, 5) is 0. The van der Waals surface area contributed by atoms with E-state index in [9.17, 15) is 0 Å². The van der Waals surface area contributed by atoms with Gasteiger partial charge < -0.3 is 10.1 Å². The highest BCUT2D eigenvalue weighted by Crippen LogP contribution is 2.28. The third-order valence-corrected chi connectivity index (χ3v) is 3.52. The summed E-state index contributed by atoms with van der Waals surface area (Å²) in [7, 11) is 0. The molecule has 1 saturated carbocycles. The normalized spacial score (nSPS) is 39.9. The van der Waals surface area contributed by atoms with Crippen molar-refractivity contribution >= 4 is 0 Å². The Bertz CT molecular complexity index is 154. The first kappa shape index (κ1) is 9.47. The van der Waals surface area contributed by atoms with Gasteiger partial charge in [-0.3, -0.25) is 0 Å². The Morgan fingerprint density at radius 2 is 2.15 bits per heavy atom. The van der Waals surface area contributed by atoms with Crippen LogP contribution in [0.15, 0.2) is 0 Å². The van der Waals surface area contributed by atoms with Crippen LogP contribution in [-0.2, 0) is 4.74 Å². The van der Waals surface area contributed by atoms with Crippen molar-refractivity contribution < 1.29 is 4.74 Å². The van der Waals surface area contributed by atoms with E-state index in [-0.39, 0.29) is 0 Å². The zero-order valence-corrected chi connectivity index (χ0v) is 8.59. The molecule has 0 bridgehead atoms. The summed E-state index contributed by atoms with van der Waals surface area (Å²) in [5.41, 5.74) is 0. The summed E-state index contributed by atoms with van der Waals surface area (Å²) < 4.78 is 5.36. The van der Waals surface area contributed by atoms with Gasteiger partial charge in [-0.2, -0.15) is 0 Å². The van der Waals surface area contributed by atoms with Crippen molar-refractivity contribution in [1.82, 2.24) is 5.32 Å². The molecular weight excluding hydrogens is 162 g/mol. The summed E-state index contributed by atoms with van der Waals surface area (Å²) >= 11 is 0. The van der Waals surface area contributed by atoms with E-state index in [1.54, 1.807) is 0 Å². The molecule has 2 rings (SSSR count). The van der Waals surface area contributed by atoms with Crippen molar-refractivity contribution in [2.45, 2.75) is 51.1 Å². The van der Waals surface area contributed by atoms with E-state index in [0.29, 0.717) is 6.04 Å². The lowest BCUT2D eigenvalue weighted by atomic mass is 10.1. The Morgan fingerprint density at radius 3 is 2.77 bits per heavy atom. The van der Waals surface area contributed by atoms with Crippen LogP contribution in [-0.4, -0.2) is 25.3 Å². The van der Waals surface area contributed by atoms with Crippen LogP contribution in [0, 0.1) is 5.92 Å². The van der Waals surface area contributed by atoms with Crippen LogP contribution in [0.25, 0.3) is 0 Å². The van der Waals surface area contributed by atoms with Gasteiger partial charge in [-0.15, -0.1) is 0 Å². The minimum Gasteiger partial charge on any atom is -0.380 e. The van der Waals surface area contributed by atoms with Crippen LogP contribution in [0.2, 0.25) is 0 Å². The third-order valence-electron chi connectivity index (χ3n) is 3.52. The molecule has 3 unspecified atom stereocenters. The van der Waals surface area contributed by atoms with E-state index in [0.717, 1.165) is 25.2 Å². The highest BCUT2D eigenvalue weighted by molar-refractivity contribution is 4.84. The maximum Gasteiger partial charge on any atom is 0.0620 e. The number of hydrogen-bond acceptors (Lipinski definition) is 2. The molecule has 0 aromatic heterocycles. The Labute approximate surface area is 81.0 Å². The molecule has 2 nitrogen and oxygen atoms in total. The average Bonchev–Trinajstić information content (AvgIpc) is 2.76. The van der Waals surface area contributed by atoms with Crippen molar-refractivity contribution in [3.8, 4) is 0 Å². The molecule has 1 aliphatic heterocycles. The lowest BCUT2D eigenvalue weighted by molar-refractivity contribution is 0.187. The second-order valence-corrected chi connectivity index (χ2v) is 4.51. The molecule has 0 aromatic carbocycles. The third kappa shape index (κ3) is 2.44. The molecule has 1 N–H and O–H groups in total. The SMILES string of the molecule is CCC1CCC(NC2CCOC2)C1. The largest absolute Gasteiger partial charge is 0.380 e. The van der Waals surface area contributed by atoms with Crippen molar-refractivity contribution in [1.29, 1.82) is 0 Å². The minimum atomic E-state index is 0.653. The van der Waals surface area contributed by atoms with E-state index < -0.39 is 0 Å². The molecule has 3 atom stereocenters. The molecule has 1 aliphatic carbocycles. The molecule has 0 spiro atoms. The maximum atomic E-state index is 5.36. The quantitative estimate of drug-likeness (QED) is 0.722. The van der Waals surface area contributed by atoms with Gasteiger partial charge >= 0.3 is 0 Å². The number of nitrogens with one attached hydrogen (secondary N) is 1. The summed E-state index contributed by atoms with van der Waals surface area (Å²) in [6.07, 6.45) is 6.79.